The molecule has 0 amide bonds. The fourth-order valence-electron chi connectivity index (χ4n) is 1.28. The van der Waals surface area contributed by atoms with E-state index < -0.39 is 0 Å². The van der Waals surface area contributed by atoms with E-state index in [4.69, 9.17) is 15.4 Å². The molecule has 0 atom stereocenters. The number of aromatic nitrogens is 1. The topological polar surface area (TPSA) is 92.5 Å². The van der Waals surface area contributed by atoms with Gasteiger partial charge in [-0.25, -0.2) is 0 Å². The molecule has 78 valence electrons. The number of aliphatic hydroxyl groups is 1. The predicted molar refractivity (Wildman–Crippen MR) is 53.9 cm³/mol. The summed E-state index contributed by atoms with van der Waals surface area (Å²) in [6.07, 6.45) is 0. The minimum Gasteiger partial charge on any atom is -0.508 e. The Kier molecular flexibility index (Phi) is 2.31. The molecule has 5 nitrogen and oxygen atoms in total. The molecule has 0 unspecified atom stereocenters. The van der Waals surface area contributed by atoms with E-state index in [1.54, 1.807) is 18.2 Å². The molecule has 1 aromatic carbocycles. The molecule has 0 bridgehead atoms. The number of anilines is 1. The van der Waals surface area contributed by atoms with Gasteiger partial charge in [-0.1, -0.05) is 17.3 Å². The van der Waals surface area contributed by atoms with Gasteiger partial charge in [-0.2, -0.15) is 0 Å². The number of nitrogen functional groups attached to an aromatic ring is 1. The highest BCUT2D eigenvalue weighted by Gasteiger charge is 2.07. The van der Waals surface area contributed by atoms with Gasteiger partial charge in [0.25, 0.3) is 0 Å². The monoisotopic (exact) mass is 206 g/mol. The van der Waals surface area contributed by atoms with Gasteiger partial charge in [0, 0.05) is 17.2 Å². The molecule has 0 aliphatic heterocycles. The molecule has 5 heteroatoms. The first-order valence-electron chi connectivity index (χ1n) is 4.36. The van der Waals surface area contributed by atoms with Crippen LogP contribution in [0, 0.1) is 0 Å². The number of hydrogen-bond acceptors (Lipinski definition) is 5. The largest absolute Gasteiger partial charge is 0.508 e. The third-order valence-corrected chi connectivity index (χ3v) is 2.07. The molecule has 0 aliphatic rings. The quantitative estimate of drug-likeness (QED) is 0.684. The van der Waals surface area contributed by atoms with Gasteiger partial charge in [0.2, 0.25) is 0 Å². The van der Waals surface area contributed by atoms with Gasteiger partial charge in [-0.05, 0) is 6.07 Å². The van der Waals surface area contributed by atoms with E-state index in [9.17, 15) is 5.11 Å². The molecule has 0 radical (unpaired) electrons. The molecule has 1 aromatic heterocycles. The number of benzene rings is 1. The lowest BCUT2D eigenvalue weighted by Gasteiger charge is -2.02. The van der Waals surface area contributed by atoms with E-state index in [-0.39, 0.29) is 18.2 Å². The van der Waals surface area contributed by atoms with Crippen LogP contribution in [0.15, 0.2) is 28.8 Å². The summed E-state index contributed by atoms with van der Waals surface area (Å²) >= 11 is 0. The van der Waals surface area contributed by atoms with Crippen molar-refractivity contribution >= 4 is 5.82 Å². The summed E-state index contributed by atoms with van der Waals surface area (Å²) in [6, 6.07) is 6.38. The normalized spacial score (nSPS) is 10.5. The Morgan fingerprint density at radius 2 is 2.13 bits per heavy atom. The first kappa shape index (κ1) is 9.54. The van der Waals surface area contributed by atoms with Gasteiger partial charge in [0.05, 0.1) is 6.61 Å². The zero-order chi connectivity index (χ0) is 10.8. The highest BCUT2D eigenvalue weighted by molar-refractivity contribution is 5.62. The Morgan fingerprint density at radius 3 is 2.67 bits per heavy atom. The molecule has 0 aliphatic carbocycles. The molecular formula is C10H10N2O3. The van der Waals surface area contributed by atoms with Crippen LogP contribution in [0.1, 0.15) is 5.56 Å². The Hall–Kier alpha value is -2.01. The first-order valence-corrected chi connectivity index (χ1v) is 4.36. The molecule has 0 saturated carbocycles. The second kappa shape index (κ2) is 3.62. The van der Waals surface area contributed by atoms with E-state index in [1.807, 2.05) is 0 Å². The Balaban J connectivity index is 2.42. The van der Waals surface area contributed by atoms with Crippen molar-refractivity contribution in [2.45, 2.75) is 6.61 Å². The van der Waals surface area contributed by atoms with Crippen molar-refractivity contribution in [2.75, 3.05) is 5.73 Å². The van der Waals surface area contributed by atoms with Crippen molar-refractivity contribution in [2.24, 2.45) is 0 Å². The molecule has 4 N–H and O–H groups in total. The Bertz CT molecular complexity index is 479. The maximum Gasteiger partial charge on any atom is 0.169 e. The van der Waals surface area contributed by atoms with Gasteiger partial charge < -0.3 is 20.5 Å². The zero-order valence-electron chi connectivity index (χ0n) is 7.84. The number of phenols is 1. The average Bonchev–Trinajstić information content (AvgIpc) is 2.65. The molecule has 2 aromatic rings. The summed E-state index contributed by atoms with van der Waals surface area (Å²) in [7, 11) is 0. The first-order chi connectivity index (χ1) is 7.20. The highest BCUT2D eigenvalue weighted by Crippen LogP contribution is 2.27. The summed E-state index contributed by atoms with van der Waals surface area (Å²) in [5.41, 5.74) is 6.53. The van der Waals surface area contributed by atoms with Crippen LogP contribution in [0.2, 0.25) is 0 Å². The second-order valence-electron chi connectivity index (χ2n) is 3.12. The summed E-state index contributed by atoms with van der Waals surface area (Å²) in [4.78, 5) is 0. The van der Waals surface area contributed by atoms with Crippen molar-refractivity contribution in [1.29, 1.82) is 0 Å². The zero-order valence-corrected chi connectivity index (χ0v) is 7.84. The van der Waals surface area contributed by atoms with E-state index in [0.29, 0.717) is 16.9 Å². The number of aromatic hydroxyl groups is 1. The lowest BCUT2D eigenvalue weighted by atomic mass is 10.1. The SMILES string of the molecule is Nc1cc(-c2ccc(CO)c(O)c2)on1. The number of nitrogens with zero attached hydrogens (tertiary/aromatic N) is 1. The van der Waals surface area contributed by atoms with Crippen LogP contribution in [0.3, 0.4) is 0 Å². The molecule has 0 saturated heterocycles. The van der Waals surface area contributed by atoms with Gasteiger partial charge >= 0.3 is 0 Å². The molecule has 15 heavy (non-hydrogen) atoms. The Morgan fingerprint density at radius 1 is 1.33 bits per heavy atom. The minimum absolute atomic E-state index is 0.0185. The summed E-state index contributed by atoms with van der Waals surface area (Å²) < 4.78 is 4.93. The van der Waals surface area contributed by atoms with E-state index in [2.05, 4.69) is 5.16 Å². The molecule has 2 rings (SSSR count). The molecule has 0 spiro atoms. The van der Waals surface area contributed by atoms with Crippen LogP contribution in [-0.2, 0) is 6.61 Å². The lowest BCUT2D eigenvalue weighted by molar-refractivity contribution is 0.275. The van der Waals surface area contributed by atoms with Crippen molar-refractivity contribution in [3.8, 4) is 17.1 Å². The van der Waals surface area contributed by atoms with Crippen LogP contribution in [0.25, 0.3) is 11.3 Å². The molecule has 0 fully saturated rings. The van der Waals surface area contributed by atoms with Crippen molar-refractivity contribution in [3.05, 3.63) is 29.8 Å². The maximum atomic E-state index is 9.51. The standard InChI is InChI=1S/C10H10N2O3/c11-10-4-9(15-12-10)6-1-2-7(5-13)8(14)3-6/h1-4,13-14H,5H2,(H2,11,12). The minimum atomic E-state index is -0.204. The lowest BCUT2D eigenvalue weighted by Crippen LogP contribution is -1.84. The smallest absolute Gasteiger partial charge is 0.169 e. The highest BCUT2D eigenvalue weighted by atomic mass is 16.5. The fraction of sp³-hybridized carbons (Fsp3) is 0.100. The van der Waals surface area contributed by atoms with Crippen LogP contribution >= 0.6 is 0 Å². The number of aliphatic hydroxyl groups excluding tert-OH is 1. The number of rotatable bonds is 2. The summed E-state index contributed by atoms with van der Waals surface area (Å²) in [5, 5.41) is 21.9. The van der Waals surface area contributed by atoms with Crippen LogP contribution in [0.5, 0.6) is 5.75 Å². The van der Waals surface area contributed by atoms with Gasteiger partial charge in [0.1, 0.15) is 5.75 Å². The van der Waals surface area contributed by atoms with Crippen LogP contribution in [-0.4, -0.2) is 15.4 Å². The van der Waals surface area contributed by atoms with Crippen molar-refractivity contribution in [3.63, 3.8) is 0 Å². The fourth-order valence-corrected chi connectivity index (χ4v) is 1.28. The Labute approximate surface area is 85.7 Å². The van der Waals surface area contributed by atoms with Gasteiger partial charge in [-0.3, -0.25) is 0 Å². The van der Waals surface area contributed by atoms with Gasteiger partial charge in [0.15, 0.2) is 11.6 Å². The average molecular weight is 206 g/mol. The maximum absolute atomic E-state index is 9.51. The third-order valence-electron chi connectivity index (χ3n) is 2.07. The predicted octanol–water partition coefficient (Wildman–Crippen LogP) is 1.12. The van der Waals surface area contributed by atoms with E-state index in [1.165, 1.54) is 6.07 Å². The molecule has 1 heterocycles. The molecular weight excluding hydrogens is 196 g/mol. The van der Waals surface area contributed by atoms with Crippen molar-refractivity contribution in [1.82, 2.24) is 5.16 Å². The summed E-state index contributed by atoms with van der Waals surface area (Å²) in [5.74, 6) is 0.785. The van der Waals surface area contributed by atoms with Crippen molar-refractivity contribution < 1.29 is 14.7 Å². The van der Waals surface area contributed by atoms with Crippen LogP contribution < -0.4 is 5.73 Å². The van der Waals surface area contributed by atoms with E-state index >= 15 is 0 Å². The third kappa shape index (κ3) is 1.77. The van der Waals surface area contributed by atoms with Crippen LogP contribution in [0.4, 0.5) is 5.82 Å². The number of hydrogen-bond donors (Lipinski definition) is 3. The van der Waals surface area contributed by atoms with E-state index in [0.717, 1.165) is 0 Å². The van der Waals surface area contributed by atoms with Gasteiger partial charge in [-0.15, -0.1) is 0 Å². The number of nitrogens with two attached hydrogens (primary N) is 1. The second-order valence-corrected chi connectivity index (χ2v) is 3.12. The summed E-state index contributed by atoms with van der Waals surface area (Å²) in [6.45, 7) is -0.204.